The van der Waals surface area contributed by atoms with Crippen molar-refractivity contribution >= 4 is 11.4 Å². The second-order valence-corrected chi connectivity index (χ2v) is 5.78. The van der Waals surface area contributed by atoms with Crippen molar-refractivity contribution in [1.82, 2.24) is 0 Å². The number of hydrogen-bond donors (Lipinski definition) is 1. The Hall–Kier alpha value is -1.18. The van der Waals surface area contributed by atoms with E-state index in [0.29, 0.717) is 0 Å². The molecule has 0 aromatic heterocycles. The number of benzene rings is 1. The molecule has 0 atom stereocenters. The summed E-state index contributed by atoms with van der Waals surface area (Å²) >= 11 is 0. The fourth-order valence-electron chi connectivity index (χ4n) is 2.77. The van der Waals surface area contributed by atoms with Crippen molar-refractivity contribution in [3.8, 4) is 0 Å². The number of rotatable bonds is 4. The van der Waals surface area contributed by atoms with Crippen LogP contribution in [0.1, 0.15) is 37.7 Å². The molecule has 1 aromatic carbocycles. The minimum Gasteiger partial charge on any atom is -0.385 e. The largest absolute Gasteiger partial charge is 0.385 e. The van der Waals surface area contributed by atoms with Crippen molar-refractivity contribution in [1.29, 1.82) is 0 Å². The molecule has 2 nitrogen and oxygen atoms in total. The molecular formula is C16H26N2. The minimum absolute atomic E-state index is 0.881. The van der Waals surface area contributed by atoms with Gasteiger partial charge in [-0.05, 0) is 49.4 Å². The van der Waals surface area contributed by atoms with Crippen molar-refractivity contribution < 1.29 is 0 Å². The highest BCUT2D eigenvalue weighted by Gasteiger charge is 2.13. The van der Waals surface area contributed by atoms with Crippen molar-refractivity contribution in [2.24, 2.45) is 5.92 Å². The second kappa shape index (κ2) is 6.12. The minimum atomic E-state index is 0.881. The smallest absolute Gasteiger partial charge is 0.0371 e. The van der Waals surface area contributed by atoms with Gasteiger partial charge >= 0.3 is 0 Å². The molecule has 1 N–H and O–H groups in total. The van der Waals surface area contributed by atoms with Crippen LogP contribution in [-0.2, 0) is 0 Å². The summed E-state index contributed by atoms with van der Waals surface area (Å²) in [6, 6.07) is 6.66. The molecule has 1 aliphatic rings. The van der Waals surface area contributed by atoms with Gasteiger partial charge in [0.05, 0.1) is 0 Å². The van der Waals surface area contributed by atoms with E-state index in [0.717, 1.165) is 12.5 Å². The molecule has 0 radical (unpaired) electrons. The Morgan fingerprint density at radius 1 is 1.17 bits per heavy atom. The normalized spacial score (nSPS) is 16.6. The molecule has 1 saturated carbocycles. The standard InChI is InChI=1S/C16H26N2/c1-13-11-15(18(2)3)9-10-16(13)17-12-14-7-5-4-6-8-14/h9-11,14,17H,4-8,12H2,1-3H3. The Kier molecular flexibility index (Phi) is 4.51. The van der Waals surface area contributed by atoms with E-state index in [1.165, 1.54) is 49.0 Å². The zero-order chi connectivity index (χ0) is 13.0. The SMILES string of the molecule is Cc1cc(N(C)C)ccc1NCC1CCCCC1. The first-order valence-corrected chi connectivity index (χ1v) is 7.18. The zero-order valence-corrected chi connectivity index (χ0v) is 12.0. The molecule has 0 bridgehead atoms. The van der Waals surface area contributed by atoms with Gasteiger partial charge in [-0.15, -0.1) is 0 Å². The monoisotopic (exact) mass is 246 g/mol. The van der Waals surface area contributed by atoms with Gasteiger partial charge in [0.15, 0.2) is 0 Å². The number of aryl methyl sites for hydroxylation is 1. The van der Waals surface area contributed by atoms with Gasteiger partial charge in [0, 0.05) is 32.0 Å². The molecule has 18 heavy (non-hydrogen) atoms. The van der Waals surface area contributed by atoms with Gasteiger partial charge in [0.2, 0.25) is 0 Å². The van der Waals surface area contributed by atoms with Crippen LogP contribution < -0.4 is 10.2 Å². The highest BCUT2D eigenvalue weighted by molar-refractivity contribution is 5.59. The summed E-state index contributed by atoms with van der Waals surface area (Å²) in [5.41, 5.74) is 3.92. The highest BCUT2D eigenvalue weighted by Crippen LogP contribution is 2.26. The van der Waals surface area contributed by atoms with Crippen LogP contribution in [0.15, 0.2) is 18.2 Å². The lowest BCUT2D eigenvalue weighted by Crippen LogP contribution is -2.17. The Bertz CT molecular complexity index is 379. The van der Waals surface area contributed by atoms with Crippen molar-refractivity contribution in [2.45, 2.75) is 39.0 Å². The third-order valence-corrected chi connectivity index (χ3v) is 4.03. The second-order valence-electron chi connectivity index (χ2n) is 5.78. The van der Waals surface area contributed by atoms with E-state index in [9.17, 15) is 0 Å². The van der Waals surface area contributed by atoms with Crippen LogP contribution in [0.4, 0.5) is 11.4 Å². The average Bonchev–Trinajstić information content (AvgIpc) is 2.38. The van der Waals surface area contributed by atoms with Crippen molar-refractivity contribution in [2.75, 3.05) is 30.9 Å². The predicted octanol–water partition coefficient (Wildman–Crippen LogP) is 4.05. The van der Waals surface area contributed by atoms with Gasteiger partial charge in [-0.1, -0.05) is 19.3 Å². The summed E-state index contributed by atoms with van der Waals surface area (Å²) in [5, 5.41) is 3.63. The molecule has 0 heterocycles. The first-order valence-electron chi connectivity index (χ1n) is 7.18. The molecule has 2 rings (SSSR count). The van der Waals surface area contributed by atoms with E-state index in [-0.39, 0.29) is 0 Å². The highest BCUT2D eigenvalue weighted by atomic mass is 15.1. The maximum atomic E-state index is 3.63. The van der Waals surface area contributed by atoms with Crippen LogP contribution in [0.5, 0.6) is 0 Å². The van der Waals surface area contributed by atoms with Crippen molar-refractivity contribution in [3.63, 3.8) is 0 Å². The van der Waals surface area contributed by atoms with Gasteiger partial charge in [-0.3, -0.25) is 0 Å². The molecule has 0 unspecified atom stereocenters. The maximum Gasteiger partial charge on any atom is 0.0371 e. The van der Waals surface area contributed by atoms with Crippen LogP contribution in [0.2, 0.25) is 0 Å². The third-order valence-electron chi connectivity index (χ3n) is 4.03. The molecule has 1 fully saturated rings. The van der Waals surface area contributed by atoms with Crippen LogP contribution in [-0.4, -0.2) is 20.6 Å². The van der Waals surface area contributed by atoms with E-state index in [1.54, 1.807) is 0 Å². The summed E-state index contributed by atoms with van der Waals surface area (Å²) < 4.78 is 0. The fraction of sp³-hybridized carbons (Fsp3) is 0.625. The first-order chi connectivity index (χ1) is 8.66. The van der Waals surface area contributed by atoms with E-state index in [1.807, 2.05) is 0 Å². The number of hydrogen-bond acceptors (Lipinski definition) is 2. The summed E-state index contributed by atoms with van der Waals surface area (Å²) in [6.07, 6.45) is 7.09. The van der Waals surface area contributed by atoms with Crippen LogP contribution in [0, 0.1) is 12.8 Å². The first kappa shape index (κ1) is 13.3. The Morgan fingerprint density at radius 3 is 2.50 bits per heavy atom. The molecule has 0 saturated heterocycles. The van der Waals surface area contributed by atoms with Crippen LogP contribution >= 0.6 is 0 Å². The number of nitrogens with zero attached hydrogens (tertiary/aromatic N) is 1. The van der Waals surface area contributed by atoms with Crippen LogP contribution in [0.3, 0.4) is 0 Å². The quantitative estimate of drug-likeness (QED) is 0.862. The summed E-state index contributed by atoms with van der Waals surface area (Å²) in [5.74, 6) is 0.881. The predicted molar refractivity (Wildman–Crippen MR) is 80.6 cm³/mol. The lowest BCUT2D eigenvalue weighted by atomic mass is 9.89. The zero-order valence-electron chi connectivity index (χ0n) is 12.0. The molecular weight excluding hydrogens is 220 g/mol. The van der Waals surface area contributed by atoms with Gasteiger partial charge in [-0.2, -0.15) is 0 Å². The van der Waals surface area contributed by atoms with E-state index < -0.39 is 0 Å². The lowest BCUT2D eigenvalue weighted by molar-refractivity contribution is 0.373. The molecule has 100 valence electrons. The molecule has 1 aromatic rings. The Morgan fingerprint density at radius 2 is 1.89 bits per heavy atom. The van der Waals surface area contributed by atoms with E-state index >= 15 is 0 Å². The molecule has 2 heteroatoms. The number of nitrogens with one attached hydrogen (secondary N) is 1. The van der Waals surface area contributed by atoms with E-state index in [4.69, 9.17) is 0 Å². The Labute approximate surface area is 111 Å². The molecule has 0 spiro atoms. The average molecular weight is 246 g/mol. The molecule has 0 amide bonds. The van der Waals surface area contributed by atoms with Gasteiger partial charge in [0.25, 0.3) is 0 Å². The lowest BCUT2D eigenvalue weighted by Gasteiger charge is -2.23. The summed E-state index contributed by atoms with van der Waals surface area (Å²) in [7, 11) is 4.17. The van der Waals surface area contributed by atoms with Crippen LogP contribution in [0.25, 0.3) is 0 Å². The topological polar surface area (TPSA) is 15.3 Å². The van der Waals surface area contributed by atoms with Gasteiger partial charge in [-0.25, -0.2) is 0 Å². The van der Waals surface area contributed by atoms with Gasteiger partial charge < -0.3 is 10.2 Å². The summed E-state index contributed by atoms with van der Waals surface area (Å²) in [6.45, 7) is 3.33. The third kappa shape index (κ3) is 3.41. The fourth-order valence-corrected chi connectivity index (χ4v) is 2.77. The summed E-state index contributed by atoms with van der Waals surface area (Å²) in [4.78, 5) is 2.15. The maximum absolute atomic E-state index is 3.63. The molecule has 0 aliphatic heterocycles. The van der Waals surface area contributed by atoms with Gasteiger partial charge in [0.1, 0.15) is 0 Å². The number of anilines is 2. The molecule has 1 aliphatic carbocycles. The van der Waals surface area contributed by atoms with E-state index in [2.05, 4.69) is 49.4 Å². The Balaban J connectivity index is 1.92. The van der Waals surface area contributed by atoms with Crippen molar-refractivity contribution in [3.05, 3.63) is 23.8 Å².